The number of carboxylic acids is 1. The Hall–Kier alpha value is -4.33. The maximum Gasteiger partial charge on any atom is 0.339 e. The number of hydrogen-bond donors (Lipinski definition) is 2. The van der Waals surface area contributed by atoms with Gasteiger partial charge < -0.3 is 24.5 Å². The lowest BCUT2D eigenvalue weighted by Gasteiger charge is -2.43. The number of aromatic nitrogens is 2. The number of hydrogen-bond acceptors (Lipinski definition) is 5. The molecular weight excluding hydrogens is 550 g/mol. The van der Waals surface area contributed by atoms with Gasteiger partial charge in [-0.15, -0.1) is 0 Å². The first-order valence-corrected chi connectivity index (χ1v) is 14.4. The van der Waals surface area contributed by atoms with Crippen LogP contribution in [0.1, 0.15) is 28.8 Å². The van der Waals surface area contributed by atoms with Crippen LogP contribution in [0, 0.1) is 5.41 Å². The van der Waals surface area contributed by atoms with Crippen LogP contribution >= 0.6 is 11.6 Å². The molecule has 0 saturated carbocycles. The second kappa shape index (κ2) is 11.9. The van der Waals surface area contributed by atoms with Gasteiger partial charge in [0.05, 0.1) is 12.8 Å². The first-order valence-electron chi connectivity index (χ1n) is 14.0. The number of rotatable bonds is 9. The fourth-order valence-corrected chi connectivity index (χ4v) is 6.10. The molecule has 0 radical (unpaired) electrons. The summed E-state index contributed by atoms with van der Waals surface area (Å²) in [5.41, 5.74) is 5.42. The number of halogens is 1. The van der Waals surface area contributed by atoms with Crippen LogP contribution in [-0.4, -0.2) is 47.8 Å². The molecule has 7 nitrogen and oxygen atoms in total. The fourth-order valence-electron chi connectivity index (χ4n) is 5.98. The summed E-state index contributed by atoms with van der Waals surface area (Å²) in [6.45, 7) is 2.29. The van der Waals surface area contributed by atoms with E-state index in [0.717, 1.165) is 59.7 Å². The number of nitrogens with one attached hydrogen (secondary N) is 1. The summed E-state index contributed by atoms with van der Waals surface area (Å²) in [6, 6.07) is 25.6. The monoisotopic (exact) mass is 581 g/mol. The van der Waals surface area contributed by atoms with Crippen LogP contribution in [0.25, 0.3) is 22.2 Å². The molecule has 5 aromatic rings. The molecule has 2 aromatic heterocycles. The van der Waals surface area contributed by atoms with Crippen molar-refractivity contribution in [2.75, 3.05) is 31.7 Å². The number of aromatic amines is 1. The Morgan fingerprint density at radius 3 is 2.60 bits per heavy atom. The molecule has 0 amide bonds. The third-order valence-corrected chi connectivity index (χ3v) is 8.43. The maximum atomic E-state index is 12.0. The summed E-state index contributed by atoms with van der Waals surface area (Å²) in [5.74, 6) is -0.259. The van der Waals surface area contributed by atoms with E-state index in [1.807, 2.05) is 36.4 Å². The molecule has 1 aliphatic heterocycles. The predicted molar refractivity (Wildman–Crippen MR) is 166 cm³/mol. The predicted octanol–water partition coefficient (Wildman–Crippen LogP) is 7.85. The van der Waals surface area contributed by atoms with Gasteiger partial charge in [0, 0.05) is 54.0 Å². The summed E-state index contributed by atoms with van der Waals surface area (Å²) < 4.78 is 11.9. The van der Waals surface area contributed by atoms with E-state index in [0.29, 0.717) is 18.1 Å². The fraction of sp³-hybridized carbons (Fsp3) is 0.235. The van der Waals surface area contributed by atoms with Crippen LogP contribution in [0.4, 0.5) is 5.69 Å². The third kappa shape index (κ3) is 5.84. The van der Waals surface area contributed by atoms with Gasteiger partial charge in [0.15, 0.2) is 0 Å². The van der Waals surface area contributed by atoms with Gasteiger partial charge in [-0.2, -0.15) is 0 Å². The van der Waals surface area contributed by atoms with Crippen LogP contribution in [0.5, 0.6) is 11.5 Å². The lowest BCUT2D eigenvalue weighted by atomic mass is 9.73. The van der Waals surface area contributed by atoms with Crippen LogP contribution in [-0.2, 0) is 11.2 Å². The molecule has 2 N–H and O–H groups in total. The smallest absolute Gasteiger partial charge is 0.339 e. The number of fused-ring (bicyclic) bond motifs is 1. The molecule has 6 rings (SSSR count). The van der Waals surface area contributed by atoms with E-state index in [4.69, 9.17) is 21.1 Å². The number of methoxy groups -OCH3 is 1. The minimum absolute atomic E-state index is 0.0221. The van der Waals surface area contributed by atoms with Gasteiger partial charge in [0.2, 0.25) is 0 Å². The van der Waals surface area contributed by atoms with E-state index in [-0.39, 0.29) is 11.0 Å². The molecule has 1 aliphatic rings. The standard InChI is InChI=1S/C34H32ClN3O4/c1-41-22-34(20-25-4-2-3-5-29(25)23-6-8-26(35)9-7-23)13-16-38(17-14-34)27-10-11-30(33(39)40)31(19-27)42-28-18-24-12-15-36-32(24)37-21-28/h2-12,15,18-19,21H,13-14,16-17,20,22H2,1H3,(H,36,37)(H,39,40). The average molecular weight is 582 g/mol. The summed E-state index contributed by atoms with van der Waals surface area (Å²) in [7, 11) is 1.77. The topological polar surface area (TPSA) is 87.7 Å². The van der Waals surface area contributed by atoms with E-state index < -0.39 is 5.97 Å². The molecule has 0 aliphatic carbocycles. The number of ether oxygens (including phenoxy) is 2. The Morgan fingerprint density at radius 2 is 1.83 bits per heavy atom. The van der Waals surface area contributed by atoms with Crippen LogP contribution in [0.3, 0.4) is 0 Å². The van der Waals surface area contributed by atoms with Crippen LogP contribution in [0.2, 0.25) is 5.02 Å². The summed E-state index contributed by atoms with van der Waals surface area (Å²) in [4.78, 5) is 21.7. The van der Waals surface area contributed by atoms with Gasteiger partial charge in [0.25, 0.3) is 0 Å². The van der Waals surface area contributed by atoms with Crippen molar-refractivity contribution in [1.29, 1.82) is 0 Å². The molecule has 0 unspecified atom stereocenters. The Balaban J connectivity index is 1.22. The lowest BCUT2D eigenvalue weighted by molar-refractivity contribution is 0.0591. The van der Waals surface area contributed by atoms with Gasteiger partial charge in [-0.25, -0.2) is 9.78 Å². The van der Waals surface area contributed by atoms with Crippen molar-refractivity contribution in [2.45, 2.75) is 19.3 Å². The highest BCUT2D eigenvalue weighted by molar-refractivity contribution is 6.30. The number of anilines is 1. The van der Waals surface area contributed by atoms with Gasteiger partial charge in [-0.1, -0.05) is 48.0 Å². The van der Waals surface area contributed by atoms with Gasteiger partial charge in [-0.3, -0.25) is 0 Å². The molecule has 0 spiro atoms. The molecule has 42 heavy (non-hydrogen) atoms. The minimum atomic E-state index is -1.04. The highest BCUT2D eigenvalue weighted by atomic mass is 35.5. The number of H-pyrrole nitrogens is 1. The SMILES string of the molecule is COCC1(Cc2ccccc2-c2ccc(Cl)cc2)CCN(c2ccc(C(=O)O)c(Oc3cnc4[nH]ccc4c3)c2)CC1. The summed E-state index contributed by atoms with van der Waals surface area (Å²) >= 11 is 6.15. The number of piperidine rings is 1. The Bertz CT molecular complexity index is 1710. The maximum absolute atomic E-state index is 12.0. The number of pyridine rings is 1. The van der Waals surface area contributed by atoms with E-state index in [1.54, 1.807) is 25.6 Å². The number of aromatic carboxylic acids is 1. The van der Waals surface area contributed by atoms with E-state index in [2.05, 4.69) is 51.3 Å². The second-order valence-corrected chi connectivity index (χ2v) is 11.4. The largest absolute Gasteiger partial charge is 0.478 e. The zero-order valence-corrected chi connectivity index (χ0v) is 24.1. The van der Waals surface area contributed by atoms with Crippen molar-refractivity contribution in [3.05, 3.63) is 107 Å². The molecule has 3 heterocycles. The molecule has 0 bridgehead atoms. The van der Waals surface area contributed by atoms with Crippen LogP contribution in [0.15, 0.2) is 91.3 Å². The Morgan fingerprint density at radius 1 is 1.05 bits per heavy atom. The zero-order valence-electron chi connectivity index (χ0n) is 23.3. The third-order valence-electron chi connectivity index (χ3n) is 8.18. The molecule has 214 valence electrons. The highest BCUT2D eigenvalue weighted by Crippen LogP contribution is 2.40. The molecule has 3 aromatic carbocycles. The van der Waals surface area contributed by atoms with Crippen molar-refractivity contribution in [2.24, 2.45) is 5.41 Å². The number of carboxylic acid groups (broad SMARTS) is 1. The second-order valence-electron chi connectivity index (χ2n) is 10.9. The van der Waals surface area contributed by atoms with Crippen molar-refractivity contribution in [3.63, 3.8) is 0 Å². The van der Waals surface area contributed by atoms with E-state index in [1.165, 1.54) is 11.1 Å². The van der Waals surface area contributed by atoms with Gasteiger partial charge in [-0.05, 0) is 72.4 Å². The van der Waals surface area contributed by atoms with E-state index in [9.17, 15) is 9.90 Å². The number of benzene rings is 3. The number of carbonyl (C=O) groups is 1. The van der Waals surface area contributed by atoms with Crippen molar-refractivity contribution in [3.8, 4) is 22.6 Å². The summed E-state index contributed by atoms with van der Waals surface area (Å²) in [6.07, 6.45) is 6.16. The quantitative estimate of drug-likeness (QED) is 0.184. The Kier molecular flexibility index (Phi) is 7.87. The Labute approximate surface area is 249 Å². The van der Waals surface area contributed by atoms with Crippen molar-refractivity contribution in [1.82, 2.24) is 9.97 Å². The minimum Gasteiger partial charge on any atom is -0.478 e. The molecule has 1 saturated heterocycles. The molecule has 1 fully saturated rings. The normalized spacial score (nSPS) is 14.7. The molecular formula is C34H32ClN3O4. The lowest BCUT2D eigenvalue weighted by Crippen LogP contribution is -2.43. The average Bonchev–Trinajstić information content (AvgIpc) is 3.46. The van der Waals surface area contributed by atoms with Gasteiger partial charge in [0.1, 0.15) is 22.7 Å². The van der Waals surface area contributed by atoms with E-state index >= 15 is 0 Å². The van der Waals surface area contributed by atoms with Crippen molar-refractivity contribution < 1.29 is 19.4 Å². The molecule has 8 heteroatoms. The van der Waals surface area contributed by atoms with Crippen LogP contribution < -0.4 is 9.64 Å². The first kappa shape index (κ1) is 27.8. The van der Waals surface area contributed by atoms with Crippen molar-refractivity contribution >= 4 is 34.3 Å². The zero-order chi connectivity index (χ0) is 29.1. The first-order chi connectivity index (χ1) is 20.4. The highest BCUT2D eigenvalue weighted by Gasteiger charge is 2.36. The molecule has 0 atom stereocenters. The summed E-state index contributed by atoms with van der Waals surface area (Å²) in [5, 5.41) is 11.5. The van der Waals surface area contributed by atoms with Gasteiger partial charge >= 0.3 is 5.97 Å². The number of nitrogens with zero attached hydrogens (tertiary/aromatic N) is 2.